The Morgan fingerprint density at radius 3 is 2.63 bits per heavy atom. The van der Waals surface area contributed by atoms with Crippen molar-refractivity contribution in [3.63, 3.8) is 0 Å². The number of hydrogen-bond acceptors (Lipinski definition) is 3. The standard InChI is InChI=1S/C23H19FN2O/c1-14-5-11-18-20(25-14)12-6-15-13-19-21(3-2-4-22(19)27)26(23(15)18)17-9-7-16(24)8-10-17/h5-12H,2-4,13H2,1H3. The zero-order valence-corrected chi connectivity index (χ0v) is 15.1. The first-order valence-corrected chi connectivity index (χ1v) is 9.32. The van der Waals surface area contributed by atoms with Crippen LogP contribution in [0.4, 0.5) is 15.8 Å². The number of carbonyl (C=O) groups excluding carboxylic acids is 1. The number of Topliss-reactive ketones (excluding diaryl/α,β-unsaturated/α-hetero) is 1. The minimum atomic E-state index is -0.264. The molecule has 0 saturated carbocycles. The summed E-state index contributed by atoms with van der Waals surface area (Å²) in [6.07, 6.45) is 2.98. The Bertz CT molecular complexity index is 1120. The fourth-order valence-corrected chi connectivity index (χ4v) is 4.27. The van der Waals surface area contributed by atoms with Gasteiger partial charge in [-0.25, -0.2) is 4.39 Å². The number of aromatic nitrogens is 1. The summed E-state index contributed by atoms with van der Waals surface area (Å²) in [6, 6.07) is 14.7. The van der Waals surface area contributed by atoms with E-state index in [2.05, 4.69) is 22.0 Å². The summed E-state index contributed by atoms with van der Waals surface area (Å²) in [5.41, 5.74) is 6.93. The first-order chi connectivity index (χ1) is 13.1. The average Bonchev–Trinajstić information content (AvgIpc) is 2.67. The van der Waals surface area contributed by atoms with E-state index in [1.807, 2.05) is 19.1 Å². The van der Waals surface area contributed by atoms with Crippen LogP contribution in [0.2, 0.25) is 0 Å². The van der Waals surface area contributed by atoms with Crippen molar-refractivity contribution in [2.24, 2.45) is 0 Å². The summed E-state index contributed by atoms with van der Waals surface area (Å²) in [4.78, 5) is 19.5. The molecule has 0 amide bonds. The summed E-state index contributed by atoms with van der Waals surface area (Å²) < 4.78 is 13.5. The Kier molecular flexibility index (Phi) is 3.61. The Balaban J connectivity index is 1.82. The molecule has 0 spiro atoms. The lowest BCUT2D eigenvalue weighted by molar-refractivity contribution is -0.116. The number of halogens is 1. The molecule has 2 heterocycles. The smallest absolute Gasteiger partial charge is 0.160 e. The highest BCUT2D eigenvalue weighted by Gasteiger charge is 2.33. The van der Waals surface area contributed by atoms with Crippen molar-refractivity contribution in [3.05, 3.63) is 76.9 Å². The lowest BCUT2D eigenvalue weighted by Gasteiger charge is -2.38. The summed E-state index contributed by atoms with van der Waals surface area (Å²) in [7, 11) is 0. The van der Waals surface area contributed by atoms with Crippen molar-refractivity contribution in [3.8, 4) is 0 Å². The molecule has 3 aromatic rings. The Morgan fingerprint density at radius 1 is 1.00 bits per heavy atom. The topological polar surface area (TPSA) is 33.2 Å². The molecular weight excluding hydrogens is 339 g/mol. The predicted molar refractivity (Wildman–Crippen MR) is 105 cm³/mol. The molecule has 2 aliphatic rings. The largest absolute Gasteiger partial charge is 0.313 e. The summed E-state index contributed by atoms with van der Waals surface area (Å²) in [5, 5.41) is 1.06. The highest BCUT2D eigenvalue weighted by molar-refractivity contribution is 6.04. The third kappa shape index (κ3) is 2.55. The molecule has 1 aliphatic carbocycles. The zero-order chi connectivity index (χ0) is 18.5. The number of fused-ring (bicyclic) bond motifs is 3. The number of allylic oxidation sites excluding steroid dienone is 2. The number of aryl methyl sites for hydroxylation is 1. The van der Waals surface area contributed by atoms with Crippen LogP contribution in [0.25, 0.3) is 10.9 Å². The number of rotatable bonds is 1. The molecule has 3 nitrogen and oxygen atoms in total. The zero-order valence-electron chi connectivity index (χ0n) is 15.1. The maximum atomic E-state index is 13.5. The quantitative estimate of drug-likeness (QED) is 0.585. The third-order valence-corrected chi connectivity index (χ3v) is 5.51. The van der Waals surface area contributed by atoms with Crippen LogP contribution in [-0.4, -0.2) is 10.8 Å². The lowest BCUT2D eigenvalue weighted by Crippen LogP contribution is -2.30. The van der Waals surface area contributed by atoms with E-state index in [-0.39, 0.29) is 11.6 Å². The Labute approximate surface area is 157 Å². The van der Waals surface area contributed by atoms with Crippen LogP contribution >= 0.6 is 0 Å². The average molecular weight is 358 g/mol. The molecular formula is C23H19FN2O. The molecule has 0 atom stereocenters. The van der Waals surface area contributed by atoms with Gasteiger partial charge in [0.05, 0.1) is 11.2 Å². The van der Waals surface area contributed by atoms with E-state index in [0.29, 0.717) is 12.8 Å². The molecule has 2 aromatic carbocycles. The van der Waals surface area contributed by atoms with Crippen LogP contribution in [0.3, 0.4) is 0 Å². The van der Waals surface area contributed by atoms with Crippen LogP contribution in [0.5, 0.6) is 0 Å². The summed E-state index contributed by atoms with van der Waals surface area (Å²) in [5.74, 6) is -0.0312. The number of carbonyl (C=O) groups is 1. The molecule has 0 radical (unpaired) electrons. The number of ketones is 1. The van der Waals surface area contributed by atoms with Gasteiger partial charge in [-0.15, -0.1) is 0 Å². The van der Waals surface area contributed by atoms with Crippen molar-refractivity contribution in [2.45, 2.75) is 32.6 Å². The van der Waals surface area contributed by atoms with Gasteiger partial charge in [0, 0.05) is 40.9 Å². The maximum Gasteiger partial charge on any atom is 0.160 e. The van der Waals surface area contributed by atoms with Crippen molar-refractivity contribution in [2.75, 3.05) is 4.90 Å². The van der Waals surface area contributed by atoms with E-state index >= 15 is 0 Å². The monoisotopic (exact) mass is 358 g/mol. The summed E-state index contributed by atoms with van der Waals surface area (Å²) in [6.45, 7) is 1.98. The predicted octanol–water partition coefficient (Wildman–Crippen LogP) is 5.38. The van der Waals surface area contributed by atoms with Crippen molar-refractivity contribution in [1.82, 2.24) is 4.98 Å². The fraction of sp³-hybridized carbons (Fsp3) is 0.217. The van der Waals surface area contributed by atoms with Crippen LogP contribution in [0.1, 0.15) is 30.5 Å². The Morgan fingerprint density at radius 2 is 1.81 bits per heavy atom. The molecule has 1 aromatic heterocycles. The van der Waals surface area contributed by atoms with E-state index in [1.165, 1.54) is 12.1 Å². The molecule has 4 heteroatoms. The minimum absolute atomic E-state index is 0.233. The van der Waals surface area contributed by atoms with Crippen LogP contribution in [-0.2, 0) is 11.2 Å². The molecule has 5 rings (SSSR count). The van der Waals surface area contributed by atoms with E-state index in [9.17, 15) is 9.18 Å². The van der Waals surface area contributed by atoms with Crippen molar-refractivity contribution >= 4 is 28.1 Å². The molecule has 0 unspecified atom stereocenters. The lowest BCUT2D eigenvalue weighted by atomic mass is 9.84. The van der Waals surface area contributed by atoms with Gasteiger partial charge in [-0.2, -0.15) is 0 Å². The van der Waals surface area contributed by atoms with Crippen molar-refractivity contribution < 1.29 is 9.18 Å². The minimum Gasteiger partial charge on any atom is -0.313 e. The molecule has 0 bridgehead atoms. The van der Waals surface area contributed by atoms with Crippen LogP contribution in [0, 0.1) is 12.7 Å². The number of benzene rings is 2. The van der Waals surface area contributed by atoms with Gasteiger partial charge >= 0.3 is 0 Å². The molecule has 0 N–H and O–H groups in total. The second kappa shape index (κ2) is 6.02. The van der Waals surface area contributed by atoms with Gasteiger partial charge in [0.2, 0.25) is 0 Å². The first-order valence-electron chi connectivity index (χ1n) is 9.32. The van der Waals surface area contributed by atoms with E-state index in [1.54, 1.807) is 12.1 Å². The van der Waals surface area contributed by atoms with E-state index < -0.39 is 0 Å². The molecule has 1 aliphatic heterocycles. The van der Waals surface area contributed by atoms with Gasteiger partial charge in [-0.1, -0.05) is 6.07 Å². The first kappa shape index (κ1) is 16.2. The second-order valence-corrected chi connectivity index (χ2v) is 7.28. The second-order valence-electron chi connectivity index (χ2n) is 7.28. The van der Waals surface area contributed by atoms with Gasteiger partial charge in [0.1, 0.15) is 5.82 Å². The highest BCUT2D eigenvalue weighted by atomic mass is 19.1. The number of pyridine rings is 1. The normalized spacial score (nSPS) is 16.5. The molecule has 0 saturated heterocycles. The van der Waals surface area contributed by atoms with Gasteiger partial charge in [0.15, 0.2) is 5.78 Å². The third-order valence-electron chi connectivity index (χ3n) is 5.51. The highest BCUT2D eigenvalue weighted by Crippen LogP contribution is 2.46. The molecule has 134 valence electrons. The summed E-state index contributed by atoms with van der Waals surface area (Å²) >= 11 is 0. The van der Waals surface area contributed by atoms with Crippen LogP contribution < -0.4 is 4.90 Å². The van der Waals surface area contributed by atoms with Gasteiger partial charge < -0.3 is 4.90 Å². The van der Waals surface area contributed by atoms with Gasteiger partial charge in [-0.05, 0) is 67.8 Å². The number of nitrogens with zero attached hydrogens (tertiary/aromatic N) is 2. The molecule has 27 heavy (non-hydrogen) atoms. The van der Waals surface area contributed by atoms with Gasteiger partial charge in [-0.3, -0.25) is 9.78 Å². The van der Waals surface area contributed by atoms with Crippen LogP contribution in [0.15, 0.2) is 59.8 Å². The fourth-order valence-electron chi connectivity index (χ4n) is 4.27. The maximum absolute atomic E-state index is 13.5. The number of anilines is 2. The Hall–Kier alpha value is -3.01. The van der Waals surface area contributed by atoms with Gasteiger partial charge in [0.25, 0.3) is 0 Å². The molecule has 0 fully saturated rings. The SMILES string of the molecule is Cc1ccc2c3c(ccc2n1)CC1=C(CCCC1=O)N3c1ccc(F)cc1. The van der Waals surface area contributed by atoms with E-state index in [0.717, 1.165) is 57.6 Å². The number of hydrogen-bond donors (Lipinski definition) is 0. The van der Waals surface area contributed by atoms with E-state index in [4.69, 9.17) is 0 Å². The van der Waals surface area contributed by atoms with Crippen molar-refractivity contribution in [1.29, 1.82) is 0 Å².